The number of primary amides is 1. The van der Waals surface area contributed by atoms with Gasteiger partial charge in [-0.3, -0.25) is 4.79 Å². The van der Waals surface area contributed by atoms with Crippen LogP contribution in [0.5, 0.6) is 0 Å². The molecule has 2 heterocycles. The maximum Gasteiger partial charge on any atom is 0.222 e. The van der Waals surface area contributed by atoms with E-state index in [1.54, 1.807) is 12.3 Å². The number of rotatable bonds is 2. The van der Waals surface area contributed by atoms with Crippen molar-refractivity contribution in [2.45, 2.75) is 6.92 Å². The van der Waals surface area contributed by atoms with Gasteiger partial charge in [-0.2, -0.15) is 0 Å². The molecule has 0 bridgehead atoms. The van der Waals surface area contributed by atoms with Crippen molar-refractivity contribution in [3.05, 3.63) is 22.3 Å². The Bertz CT molecular complexity index is 452. The van der Waals surface area contributed by atoms with Crippen LogP contribution in [0.15, 0.2) is 12.3 Å². The van der Waals surface area contributed by atoms with E-state index in [1.807, 2.05) is 11.8 Å². The molecule has 0 aliphatic carbocycles. The van der Waals surface area contributed by atoms with Gasteiger partial charge in [0.2, 0.25) is 5.91 Å². The Balaban J connectivity index is 2.22. The van der Waals surface area contributed by atoms with Crippen molar-refractivity contribution < 1.29 is 4.79 Å². The molecule has 1 aromatic heterocycles. The van der Waals surface area contributed by atoms with Gasteiger partial charge < -0.3 is 10.6 Å². The maximum atomic E-state index is 11.2. The van der Waals surface area contributed by atoms with Gasteiger partial charge in [-0.05, 0) is 12.0 Å². The molecule has 92 valence electrons. The molecule has 0 saturated carbocycles. The fraction of sp³-hybridized carbons (Fsp3) is 0.455. The molecule has 1 aromatic rings. The van der Waals surface area contributed by atoms with Gasteiger partial charge in [-0.1, -0.05) is 30.1 Å². The summed E-state index contributed by atoms with van der Waals surface area (Å²) < 4.78 is 0. The van der Waals surface area contributed by atoms with Crippen molar-refractivity contribution in [3.63, 3.8) is 0 Å². The summed E-state index contributed by atoms with van der Waals surface area (Å²) in [6.07, 6.45) is 1.55. The minimum atomic E-state index is -0.273. The number of hydrogen-bond acceptors (Lipinski definition) is 3. The number of anilines is 1. The van der Waals surface area contributed by atoms with Crippen molar-refractivity contribution >= 4 is 34.9 Å². The average molecular weight is 274 g/mol. The Kier molecular flexibility index (Phi) is 3.45. The van der Waals surface area contributed by atoms with Gasteiger partial charge >= 0.3 is 0 Å². The van der Waals surface area contributed by atoms with Gasteiger partial charge in [0.05, 0.1) is 16.0 Å². The van der Waals surface area contributed by atoms with Gasteiger partial charge in [0.15, 0.2) is 0 Å². The molecule has 2 rings (SSSR count). The Morgan fingerprint density at radius 2 is 2.24 bits per heavy atom. The zero-order valence-corrected chi connectivity index (χ0v) is 10.9. The highest BCUT2D eigenvalue weighted by Gasteiger charge is 2.34. The van der Waals surface area contributed by atoms with Crippen LogP contribution >= 0.6 is 23.2 Å². The fourth-order valence-electron chi connectivity index (χ4n) is 2.15. The van der Waals surface area contributed by atoms with Gasteiger partial charge in [0.25, 0.3) is 0 Å². The number of carbonyl (C=O) groups excluding carboxylic acids is 1. The van der Waals surface area contributed by atoms with Gasteiger partial charge in [0.1, 0.15) is 5.82 Å². The topological polar surface area (TPSA) is 59.2 Å². The molecule has 2 atom stereocenters. The molecule has 0 unspecified atom stereocenters. The smallest absolute Gasteiger partial charge is 0.222 e. The molecule has 1 fully saturated rings. The third kappa shape index (κ3) is 2.48. The first-order valence-corrected chi connectivity index (χ1v) is 6.10. The van der Waals surface area contributed by atoms with E-state index < -0.39 is 0 Å². The molecule has 1 aliphatic heterocycles. The van der Waals surface area contributed by atoms with E-state index in [4.69, 9.17) is 28.9 Å². The lowest BCUT2D eigenvalue weighted by molar-refractivity contribution is -0.122. The zero-order chi connectivity index (χ0) is 12.6. The van der Waals surface area contributed by atoms with Crippen molar-refractivity contribution in [2.24, 2.45) is 17.6 Å². The number of carbonyl (C=O) groups is 1. The lowest BCUT2D eigenvalue weighted by Crippen LogP contribution is -2.29. The third-order valence-corrected chi connectivity index (χ3v) is 3.55. The highest BCUT2D eigenvalue weighted by atomic mass is 35.5. The quantitative estimate of drug-likeness (QED) is 0.896. The van der Waals surface area contributed by atoms with Crippen LogP contribution < -0.4 is 10.6 Å². The Hall–Kier alpha value is -1.00. The van der Waals surface area contributed by atoms with Gasteiger partial charge in [-0.15, -0.1) is 0 Å². The normalized spacial score (nSPS) is 24.1. The molecule has 1 aliphatic rings. The van der Waals surface area contributed by atoms with Crippen LogP contribution in [0.1, 0.15) is 6.92 Å². The number of nitrogens with zero attached hydrogens (tertiary/aromatic N) is 2. The standard InChI is InChI=1S/C11H13Cl2N3O/c1-6-4-16(5-8(6)10(14)17)11-9(13)2-7(12)3-15-11/h2-3,6,8H,4-5H2,1H3,(H2,14,17)/t6-,8-/m1/s1. The summed E-state index contributed by atoms with van der Waals surface area (Å²) in [6, 6.07) is 1.65. The Morgan fingerprint density at radius 3 is 2.76 bits per heavy atom. The number of aromatic nitrogens is 1. The van der Waals surface area contributed by atoms with E-state index in [9.17, 15) is 4.79 Å². The fourth-order valence-corrected chi connectivity index (χ4v) is 2.65. The maximum absolute atomic E-state index is 11.2. The molecule has 17 heavy (non-hydrogen) atoms. The van der Waals surface area contributed by atoms with E-state index in [0.717, 1.165) is 6.54 Å². The summed E-state index contributed by atoms with van der Waals surface area (Å²) in [5.74, 6) is 0.446. The van der Waals surface area contributed by atoms with Crippen molar-refractivity contribution in [2.75, 3.05) is 18.0 Å². The SMILES string of the molecule is C[C@@H]1CN(c2ncc(Cl)cc2Cl)C[C@H]1C(N)=O. The summed E-state index contributed by atoms with van der Waals surface area (Å²) in [5.41, 5.74) is 5.35. The summed E-state index contributed by atoms with van der Waals surface area (Å²) in [4.78, 5) is 17.4. The number of amides is 1. The number of nitrogens with two attached hydrogens (primary N) is 1. The molecule has 4 nitrogen and oxygen atoms in total. The molecule has 1 saturated heterocycles. The van der Waals surface area contributed by atoms with E-state index in [1.165, 1.54) is 0 Å². The molecule has 0 aromatic carbocycles. The lowest BCUT2D eigenvalue weighted by Gasteiger charge is -2.18. The van der Waals surface area contributed by atoms with E-state index in [2.05, 4.69) is 4.98 Å². The molecule has 1 amide bonds. The molecule has 6 heteroatoms. The van der Waals surface area contributed by atoms with Crippen LogP contribution in [0, 0.1) is 11.8 Å². The second kappa shape index (κ2) is 4.70. The second-order valence-electron chi connectivity index (χ2n) is 4.35. The van der Waals surface area contributed by atoms with Crippen LogP contribution in [-0.4, -0.2) is 24.0 Å². The Morgan fingerprint density at radius 1 is 1.53 bits per heavy atom. The number of pyridine rings is 1. The van der Waals surface area contributed by atoms with E-state index in [0.29, 0.717) is 22.4 Å². The largest absolute Gasteiger partial charge is 0.369 e. The van der Waals surface area contributed by atoms with Gasteiger partial charge in [-0.25, -0.2) is 4.98 Å². The first-order chi connectivity index (χ1) is 7.99. The van der Waals surface area contributed by atoms with E-state index in [-0.39, 0.29) is 17.7 Å². The van der Waals surface area contributed by atoms with E-state index >= 15 is 0 Å². The van der Waals surface area contributed by atoms with Gasteiger partial charge in [0, 0.05) is 19.3 Å². The summed E-state index contributed by atoms with van der Waals surface area (Å²) in [6.45, 7) is 3.28. The minimum Gasteiger partial charge on any atom is -0.369 e. The second-order valence-corrected chi connectivity index (χ2v) is 5.19. The average Bonchev–Trinajstić information content (AvgIpc) is 2.60. The van der Waals surface area contributed by atoms with Crippen LogP contribution in [0.25, 0.3) is 0 Å². The summed E-state index contributed by atoms with van der Waals surface area (Å²) in [7, 11) is 0. The van der Waals surface area contributed by atoms with Crippen molar-refractivity contribution in [1.29, 1.82) is 0 Å². The number of halogens is 2. The van der Waals surface area contributed by atoms with Crippen molar-refractivity contribution in [3.8, 4) is 0 Å². The predicted octanol–water partition coefficient (Wildman–Crippen LogP) is 1.95. The van der Waals surface area contributed by atoms with Crippen LogP contribution in [0.2, 0.25) is 10.0 Å². The molecule has 0 radical (unpaired) electrons. The lowest BCUT2D eigenvalue weighted by atomic mass is 9.98. The van der Waals surface area contributed by atoms with Crippen LogP contribution in [0.3, 0.4) is 0 Å². The monoisotopic (exact) mass is 273 g/mol. The van der Waals surface area contributed by atoms with Crippen LogP contribution in [-0.2, 0) is 4.79 Å². The first-order valence-electron chi connectivity index (χ1n) is 5.34. The van der Waals surface area contributed by atoms with Crippen LogP contribution in [0.4, 0.5) is 5.82 Å². The molecular weight excluding hydrogens is 261 g/mol. The first kappa shape index (κ1) is 12.5. The summed E-state index contributed by atoms with van der Waals surface area (Å²) in [5, 5.41) is 0.993. The molecular formula is C11H13Cl2N3O. The molecule has 2 N–H and O–H groups in total. The number of hydrogen-bond donors (Lipinski definition) is 1. The van der Waals surface area contributed by atoms with Crippen molar-refractivity contribution in [1.82, 2.24) is 4.98 Å². The third-order valence-electron chi connectivity index (χ3n) is 3.07. The Labute approximate surface area is 110 Å². The highest BCUT2D eigenvalue weighted by Crippen LogP contribution is 2.32. The highest BCUT2D eigenvalue weighted by molar-refractivity contribution is 6.36. The summed E-state index contributed by atoms with van der Waals surface area (Å²) >= 11 is 11.9. The predicted molar refractivity (Wildman–Crippen MR) is 68.3 cm³/mol. The zero-order valence-electron chi connectivity index (χ0n) is 9.36. The minimum absolute atomic E-state index is 0.149. The molecule has 0 spiro atoms.